The molecule has 12 rings (SSSR count). The van der Waals surface area contributed by atoms with E-state index in [9.17, 15) is 0 Å². The first-order valence-corrected chi connectivity index (χ1v) is 20.8. The first-order chi connectivity index (χ1) is 30.2. The molecule has 3 heteroatoms. The van der Waals surface area contributed by atoms with Crippen LogP contribution in [-0.2, 0) is 0 Å². The van der Waals surface area contributed by atoms with Crippen molar-refractivity contribution in [2.45, 2.75) is 0 Å². The Labute approximate surface area is 353 Å². The Bertz CT molecular complexity index is 3580. The fourth-order valence-corrected chi connectivity index (χ4v) is 9.36. The third-order valence-electron chi connectivity index (χ3n) is 12.1. The van der Waals surface area contributed by atoms with Crippen molar-refractivity contribution >= 4 is 71.6 Å². The number of nitrogens with zero attached hydrogens (tertiary/aromatic N) is 2. The molecule has 0 saturated heterocycles. The number of aromatic nitrogens is 1. The number of para-hydroxylation sites is 4. The van der Waals surface area contributed by atoms with Crippen molar-refractivity contribution in [1.82, 2.24) is 4.57 Å². The fraction of sp³-hybridized carbons (Fsp3) is 0. The standard InChI is InChI=1S/C58H38N2O/c1-3-15-39(16-4-1)41-29-32-46(33-30-41)59(47-34-31-40-17-7-8-18-42(40)36-47)48-37-43(49-23-14-28-56-57(49)53-22-10-12-27-55(53)61-56)35-44(38-48)50-24-13-25-52-51-21-9-11-26-54(51)60(58(50)52)45-19-5-2-6-20-45/h1-38H. The van der Waals surface area contributed by atoms with Gasteiger partial charge >= 0.3 is 0 Å². The molecule has 61 heavy (non-hydrogen) atoms. The minimum absolute atomic E-state index is 0.875. The van der Waals surface area contributed by atoms with Gasteiger partial charge < -0.3 is 13.9 Å². The van der Waals surface area contributed by atoms with Gasteiger partial charge in [0, 0.05) is 49.9 Å². The van der Waals surface area contributed by atoms with Gasteiger partial charge in [-0.3, -0.25) is 0 Å². The van der Waals surface area contributed by atoms with E-state index >= 15 is 0 Å². The number of hydrogen-bond donors (Lipinski definition) is 0. The summed E-state index contributed by atoms with van der Waals surface area (Å²) in [7, 11) is 0. The van der Waals surface area contributed by atoms with Crippen LogP contribution in [-0.4, -0.2) is 4.57 Å². The number of anilines is 3. The Morgan fingerprint density at radius 3 is 1.79 bits per heavy atom. The predicted octanol–water partition coefficient (Wildman–Crippen LogP) is 16.3. The molecule has 0 unspecified atom stereocenters. The quantitative estimate of drug-likeness (QED) is 0.161. The van der Waals surface area contributed by atoms with Crippen molar-refractivity contribution in [2.24, 2.45) is 0 Å². The van der Waals surface area contributed by atoms with Gasteiger partial charge in [-0.2, -0.15) is 0 Å². The molecule has 0 aliphatic rings. The second-order valence-corrected chi connectivity index (χ2v) is 15.7. The highest BCUT2D eigenvalue weighted by Gasteiger charge is 2.22. The highest BCUT2D eigenvalue weighted by atomic mass is 16.3. The van der Waals surface area contributed by atoms with E-state index in [1.165, 1.54) is 43.7 Å². The molecule has 0 atom stereocenters. The molecule has 0 bridgehead atoms. The van der Waals surface area contributed by atoms with Crippen molar-refractivity contribution in [1.29, 1.82) is 0 Å². The predicted molar refractivity (Wildman–Crippen MR) is 257 cm³/mol. The Kier molecular flexibility index (Phi) is 8.17. The summed E-state index contributed by atoms with van der Waals surface area (Å²) in [6.07, 6.45) is 0. The summed E-state index contributed by atoms with van der Waals surface area (Å²) in [5.41, 5.74) is 15.3. The van der Waals surface area contributed by atoms with Crippen LogP contribution in [0.15, 0.2) is 235 Å². The molecule has 0 radical (unpaired) electrons. The summed E-state index contributed by atoms with van der Waals surface area (Å²) in [6, 6.07) is 83.1. The molecule has 0 aliphatic carbocycles. The van der Waals surface area contributed by atoms with Crippen molar-refractivity contribution in [3.8, 4) is 39.1 Å². The Balaban J connectivity index is 1.16. The van der Waals surface area contributed by atoms with Crippen LogP contribution in [0.2, 0.25) is 0 Å². The van der Waals surface area contributed by atoms with Gasteiger partial charge in [0.1, 0.15) is 11.2 Å². The molecule has 0 spiro atoms. The normalized spacial score (nSPS) is 11.6. The second-order valence-electron chi connectivity index (χ2n) is 15.7. The average Bonchev–Trinajstić information content (AvgIpc) is 3.89. The number of rotatable bonds is 7. The first-order valence-electron chi connectivity index (χ1n) is 20.8. The molecule has 2 heterocycles. The van der Waals surface area contributed by atoms with E-state index in [0.717, 1.165) is 66.9 Å². The maximum Gasteiger partial charge on any atom is 0.136 e. The topological polar surface area (TPSA) is 21.3 Å². The van der Waals surface area contributed by atoms with Gasteiger partial charge in [0.25, 0.3) is 0 Å². The van der Waals surface area contributed by atoms with E-state index in [-0.39, 0.29) is 0 Å². The van der Waals surface area contributed by atoms with E-state index in [1.54, 1.807) is 0 Å². The lowest BCUT2D eigenvalue weighted by molar-refractivity contribution is 0.669. The Morgan fingerprint density at radius 1 is 0.344 bits per heavy atom. The lowest BCUT2D eigenvalue weighted by Gasteiger charge is -2.27. The van der Waals surface area contributed by atoms with E-state index in [4.69, 9.17) is 4.42 Å². The average molecular weight is 779 g/mol. The first kappa shape index (κ1) is 34.9. The molecule has 286 valence electrons. The van der Waals surface area contributed by atoms with Crippen LogP contribution < -0.4 is 4.90 Å². The molecule has 0 N–H and O–H groups in total. The van der Waals surface area contributed by atoms with Gasteiger partial charge in [0.05, 0.1) is 11.0 Å². The number of benzene rings is 10. The van der Waals surface area contributed by atoms with E-state index < -0.39 is 0 Å². The molecule has 3 nitrogen and oxygen atoms in total. The molecule has 10 aromatic carbocycles. The molecule has 0 saturated carbocycles. The zero-order chi connectivity index (χ0) is 40.3. The van der Waals surface area contributed by atoms with Crippen LogP contribution >= 0.6 is 0 Å². The Morgan fingerprint density at radius 2 is 0.951 bits per heavy atom. The zero-order valence-corrected chi connectivity index (χ0v) is 33.2. The van der Waals surface area contributed by atoms with Gasteiger partial charge in [0.2, 0.25) is 0 Å². The molecule has 2 aromatic heterocycles. The lowest BCUT2D eigenvalue weighted by atomic mass is 9.93. The van der Waals surface area contributed by atoms with Gasteiger partial charge in [-0.25, -0.2) is 0 Å². The summed E-state index contributed by atoms with van der Waals surface area (Å²) in [5.74, 6) is 0. The van der Waals surface area contributed by atoms with E-state index in [0.29, 0.717) is 0 Å². The third-order valence-corrected chi connectivity index (χ3v) is 12.1. The van der Waals surface area contributed by atoms with Crippen molar-refractivity contribution in [3.63, 3.8) is 0 Å². The van der Waals surface area contributed by atoms with E-state index in [1.807, 2.05) is 6.07 Å². The highest BCUT2D eigenvalue weighted by molar-refractivity contribution is 6.15. The molecule has 0 fully saturated rings. The molecular weight excluding hydrogens is 741 g/mol. The van der Waals surface area contributed by atoms with E-state index in [2.05, 4.69) is 234 Å². The van der Waals surface area contributed by atoms with Gasteiger partial charge in [-0.15, -0.1) is 0 Å². The van der Waals surface area contributed by atoms with Crippen LogP contribution in [0.5, 0.6) is 0 Å². The summed E-state index contributed by atoms with van der Waals surface area (Å²) in [6.45, 7) is 0. The number of fused-ring (bicyclic) bond motifs is 7. The lowest BCUT2D eigenvalue weighted by Crippen LogP contribution is -2.10. The third kappa shape index (κ3) is 5.90. The number of hydrogen-bond acceptors (Lipinski definition) is 2. The van der Waals surface area contributed by atoms with Crippen molar-refractivity contribution in [3.05, 3.63) is 231 Å². The minimum Gasteiger partial charge on any atom is -0.456 e. The molecule has 12 aromatic rings. The summed E-state index contributed by atoms with van der Waals surface area (Å²) in [4.78, 5) is 2.41. The summed E-state index contributed by atoms with van der Waals surface area (Å²) < 4.78 is 8.91. The van der Waals surface area contributed by atoms with Crippen LogP contribution in [0.1, 0.15) is 0 Å². The zero-order valence-electron chi connectivity index (χ0n) is 33.2. The van der Waals surface area contributed by atoms with Crippen LogP contribution in [0.3, 0.4) is 0 Å². The largest absolute Gasteiger partial charge is 0.456 e. The maximum absolute atomic E-state index is 6.48. The minimum atomic E-state index is 0.875. The highest BCUT2D eigenvalue weighted by Crippen LogP contribution is 2.46. The van der Waals surface area contributed by atoms with Gasteiger partial charge in [0.15, 0.2) is 0 Å². The summed E-state index contributed by atoms with van der Waals surface area (Å²) in [5, 5.41) is 7.06. The molecule has 0 amide bonds. The van der Waals surface area contributed by atoms with Crippen molar-refractivity contribution in [2.75, 3.05) is 4.90 Å². The second kappa shape index (κ2) is 14.3. The van der Waals surface area contributed by atoms with Gasteiger partial charge in [-0.1, -0.05) is 158 Å². The van der Waals surface area contributed by atoms with Crippen molar-refractivity contribution < 1.29 is 4.42 Å². The monoisotopic (exact) mass is 778 g/mol. The fourth-order valence-electron chi connectivity index (χ4n) is 9.36. The molecular formula is C58H38N2O. The van der Waals surface area contributed by atoms with Gasteiger partial charge in [-0.05, 0) is 111 Å². The van der Waals surface area contributed by atoms with Crippen LogP contribution in [0.25, 0.3) is 93.6 Å². The van der Waals surface area contributed by atoms with Crippen LogP contribution in [0, 0.1) is 0 Å². The Hall–Kier alpha value is -8.14. The smallest absolute Gasteiger partial charge is 0.136 e. The number of furan rings is 1. The van der Waals surface area contributed by atoms with Crippen LogP contribution in [0.4, 0.5) is 17.1 Å². The summed E-state index contributed by atoms with van der Waals surface area (Å²) >= 11 is 0. The SMILES string of the molecule is c1ccc(-c2ccc(N(c3cc(-c4cccc5oc6ccccc6c45)cc(-c4cccc5c6ccccc6n(-c6ccccc6)c45)c3)c3ccc4ccccc4c3)cc2)cc1. The molecule has 0 aliphatic heterocycles. The maximum atomic E-state index is 6.48.